The quantitative estimate of drug-likeness (QED) is 0.795. The lowest BCUT2D eigenvalue weighted by Gasteiger charge is -2.22. The number of hydrogen-bond donors (Lipinski definition) is 1. The van der Waals surface area contributed by atoms with E-state index in [2.05, 4.69) is 25.9 Å². The molecule has 16 heavy (non-hydrogen) atoms. The number of phenols is 1. The van der Waals surface area contributed by atoms with Crippen LogP contribution in [0.25, 0.3) is 11.3 Å². The average Bonchev–Trinajstić information content (AvgIpc) is 2.66. The van der Waals surface area contributed by atoms with Gasteiger partial charge in [-0.05, 0) is 51.1 Å². The van der Waals surface area contributed by atoms with Gasteiger partial charge in [-0.15, -0.1) is 0 Å². The van der Waals surface area contributed by atoms with Crippen molar-refractivity contribution in [3.8, 4) is 17.0 Å². The summed E-state index contributed by atoms with van der Waals surface area (Å²) >= 11 is 0. The molecular weight excluding hydrogens is 200 g/mol. The highest BCUT2D eigenvalue weighted by molar-refractivity contribution is 5.60. The normalized spacial score (nSPS) is 11.7. The maximum atomic E-state index is 9.26. The van der Waals surface area contributed by atoms with Gasteiger partial charge in [0.2, 0.25) is 0 Å². The molecular formula is C13H16N2O. The fourth-order valence-corrected chi connectivity index (χ4v) is 1.69. The van der Waals surface area contributed by atoms with Gasteiger partial charge in [-0.3, -0.25) is 4.68 Å². The van der Waals surface area contributed by atoms with E-state index in [1.54, 1.807) is 18.3 Å². The molecule has 1 aromatic heterocycles. The van der Waals surface area contributed by atoms with E-state index >= 15 is 0 Å². The molecule has 0 amide bonds. The van der Waals surface area contributed by atoms with Gasteiger partial charge in [0.25, 0.3) is 0 Å². The molecule has 1 heterocycles. The van der Waals surface area contributed by atoms with Crippen molar-refractivity contribution >= 4 is 0 Å². The maximum Gasteiger partial charge on any atom is 0.115 e. The second-order valence-electron chi connectivity index (χ2n) is 4.85. The molecule has 0 spiro atoms. The highest BCUT2D eigenvalue weighted by Crippen LogP contribution is 2.26. The lowest BCUT2D eigenvalue weighted by molar-refractivity contribution is 0.360. The minimum absolute atomic E-state index is 0.0449. The molecule has 3 heteroatoms. The van der Waals surface area contributed by atoms with Crippen molar-refractivity contribution in [1.29, 1.82) is 0 Å². The van der Waals surface area contributed by atoms with E-state index in [0.29, 0.717) is 0 Å². The summed E-state index contributed by atoms with van der Waals surface area (Å²) in [6.07, 6.45) is 1.80. The molecule has 2 rings (SSSR count). The molecule has 0 fully saturated rings. The standard InChI is InChI=1S/C13H16N2O/c1-13(2,3)15-12(8-9-14-15)10-4-6-11(16)7-5-10/h4-9,16H,1-3H3. The van der Waals surface area contributed by atoms with E-state index in [0.717, 1.165) is 11.3 Å². The first-order valence-corrected chi connectivity index (χ1v) is 5.32. The molecule has 0 atom stereocenters. The average molecular weight is 216 g/mol. The Kier molecular flexibility index (Phi) is 2.46. The van der Waals surface area contributed by atoms with E-state index < -0.39 is 0 Å². The molecule has 2 aromatic rings. The topological polar surface area (TPSA) is 38.0 Å². The summed E-state index contributed by atoms with van der Waals surface area (Å²) in [5.41, 5.74) is 2.08. The number of nitrogens with zero attached hydrogens (tertiary/aromatic N) is 2. The molecule has 0 aliphatic heterocycles. The minimum Gasteiger partial charge on any atom is -0.508 e. The van der Waals surface area contributed by atoms with Crippen molar-refractivity contribution < 1.29 is 5.11 Å². The van der Waals surface area contributed by atoms with E-state index in [4.69, 9.17) is 0 Å². The summed E-state index contributed by atoms with van der Waals surface area (Å²) < 4.78 is 1.99. The van der Waals surface area contributed by atoms with Crippen molar-refractivity contribution in [3.05, 3.63) is 36.5 Å². The fraction of sp³-hybridized carbons (Fsp3) is 0.308. The summed E-state index contributed by atoms with van der Waals surface area (Å²) in [7, 11) is 0. The van der Waals surface area contributed by atoms with Gasteiger partial charge in [0.05, 0.1) is 11.2 Å². The van der Waals surface area contributed by atoms with Gasteiger partial charge in [0.1, 0.15) is 5.75 Å². The molecule has 0 radical (unpaired) electrons. The zero-order valence-corrected chi connectivity index (χ0v) is 9.81. The number of hydrogen-bond acceptors (Lipinski definition) is 2. The lowest BCUT2D eigenvalue weighted by Crippen LogP contribution is -2.23. The molecule has 1 N–H and O–H groups in total. The number of benzene rings is 1. The van der Waals surface area contributed by atoms with Gasteiger partial charge in [-0.25, -0.2) is 0 Å². The van der Waals surface area contributed by atoms with Crippen molar-refractivity contribution in [3.63, 3.8) is 0 Å². The first-order chi connectivity index (χ1) is 7.48. The number of aromatic nitrogens is 2. The van der Waals surface area contributed by atoms with Crippen molar-refractivity contribution in [2.24, 2.45) is 0 Å². The Morgan fingerprint density at radius 1 is 1.06 bits per heavy atom. The zero-order valence-electron chi connectivity index (χ0n) is 9.81. The Balaban J connectivity index is 2.49. The van der Waals surface area contributed by atoms with Crippen LogP contribution in [-0.2, 0) is 5.54 Å². The molecule has 0 saturated heterocycles. The maximum absolute atomic E-state index is 9.26. The van der Waals surface area contributed by atoms with Crippen LogP contribution >= 0.6 is 0 Å². The number of rotatable bonds is 1. The largest absolute Gasteiger partial charge is 0.508 e. The Labute approximate surface area is 95.3 Å². The number of aromatic hydroxyl groups is 1. The minimum atomic E-state index is -0.0449. The van der Waals surface area contributed by atoms with Crippen molar-refractivity contribution in [1.82, 2.24) is 9.78 Å². The van der Waals surface area contributed by atoms with Crippen LogP contribution in [0.15, 0.2) is 36.5 Å². The molecule has 3 nitrogen and oxygen atoms in total. The second kappa shape index (κ2) is 3.67. The first-order valence-electron chi connectivity index (χ1n) is 5.32. The molecule has 0 saturated carbocycles. The van der Waals surface area contributed by atoms with Crippen LogP contribution in [0.4, 0.5) is 0 Å². The smallest absolute Gasteiger partial charge is 0.115 e. The summed E-state index contributed by atoms with van der Waals surface area (Å²) in [6, 6.07) is 9.16. The summed E-state index contributed by atoms with van der Waals surface area (Å²) in [4.78, 5) is 0. The predicted octanol–water partition coefficient (Wildman–Crippen LogP) is 3.01. The second-order valence-corrected chi connectivity index (χ2v) is 4.85. The highest BCUT2D eigenvalue weighted by atomic mass is 16.3. The van der Waals surface area contributed by atoms with Crippen LogP contribution in [0.3, 0.4) is 0 Å². The third-order valence-corrected chi connectivity index (χ3v) is 2.44. The third kappa shape index (κ3) is 1.94. The van der Waals surface area contributed by atoms with E-state index in [-0.39, 0.29) is 11.3 Å². The van der Waals surface area contributed by atoms with Gasteiger partial charge < -0.3 is 5.11 Å². The molecule has 1 aromatic carbocycles. The van der Waals surface area contributed by atoms with Crippen molar-refractivity contribution in [2.75, 3.05) is 0 Å². The first kappa shape index (κ1) is 10.7. The van der Waals surface area contributed by atoms with E-state index in [1.807, 2.05) is 22.9 Å². The highest BCUT2D eigenvalue weighted by Gasteiger charge is 2.17. The van der Waals surface area contributed by atoms with Crippen LogP contribution in [0.5, 0.6) is 5.75 Å². The van der Waals surface area contributed by atoms with E-state index in [9.17, 15) is 5.11 Å². The van der Waals surface area contributed by atoms with Crippen molar-refractivity contribution in [2.45, 2.75) is 26.3 Å². The summed E-state index contributed by atoms with van der Waals surface area (Å²) in [5.74, 6) is 0.283. The van der Waals surface area contributed by atoms with Crippen LogP contribution in [0.1, 0.15) is 20.8 Å². The van der Waals surface area contributed by atoms with Gasteiger partial charge in [-0.1, -0.05) is 0 Å². The predicted molar refractivity (Wildman–Crippen MR) is 64.3 cm³/mol. The SMILES string of the molecule is CC(C)(C)n1nccc1-c1ccc(O)cc1. The summed E-state index contributed by atoms with van der Waals surface area (Å²) in [6.45, 7) is 6.34. The van der Waals surface area contributed by atoms with Crippen LogP contribution in [-0.4, -0.2) is 14.9 Å². The van der Waals surface area contributed by atoms with Gasteiger partial charge in [-0.2, -0.15) is 5.10 Å². The zero-order chi connectivity index (χ0) is 11.8. The van der Waals surface area contributed by atoms with Crippen LogP contribution in [0.2, 0.25) is 0 Å². The summed E-state index contributed by atoms with van der Waals surface area (Å²) in [5, 5.41) is 13.6. The molecule has 0 bridgehead atoms. The van der Waals surface area contributed by atoms with Gasteiger partial charge in [0.15, 0.2) is 0 Å². The molecule has 0 aliphatic carbocycles. The fourth-order valence-electron chi connectivity index (χ4n) is 1.69. The third-order valence-electron chi connectivity index (χ3n) is 2.44. The Bertz CT molecular complexity index is 477. The van der Waals surface area contributed by atoms with Gasteiger partial charge >= 0.3 is 0 Å². The molecule has 0 aliphatic rings. The van der Waals surface area contributed by atoms with E-state index in [1.165, 1.54) is 0 Å². The van der Waals surface area contributed by atoms with Crippen LogP contribution in [0, 0.1) is 0 Å². The Morgan fingerprint density at radius 2 is 1.69 bits per heavy atom. The molecule has 0 unspecified atom stereocenters. The van der Waals surface area contributed by atoms with Crippen LogP contribution < -0.4 is 0 Å². The Morgan fingerprint density at radius 3 is 2.25 bits per heavy atom. The van der Waals surface area contributed by atoms with Gasteiger partial charge in [0, 0.05) is 11.8 Å². The Hall–Kier alpha value is -1.77. The lowest BCUT2D eigenvalue weighted by atomic mass is 10.1. The number of phenolic OH excluding ortho intramolecular Hbond substituents is 1. The molecule has 84 valence electrons. The monoisotopic (exact) mass is 216 g/mol.